The fourth-order valence-corrected chi connectivity index (χ4v) is 4.90. The highest BCUT2D eigenvalue weighted by Crippen LogP contribution is 2.34. The van der Waals surface area contributed by atoms with E-state index in [1.54, 1.807) is 18.2 Å². The largest absolute Gasteiger partial charge is 0.489 e. The van der Waals surface area contributed by atoms with Crippen molar-refractivity contribution in [1.82, 2.24) is 9.80 Å². The molecule has 2 aromatic rings. The number of aliphatic carboxylic acids is 1. The van der Waals surface area contributed by atoms with Crippen LogP contribution in [-0.2, 0) is 33.0 Å². The smallest absolute Gasteiger partial charge is 0.303 e. The summed E-state index contributed by atoms with van der Waals surface area (Å²) in [6.07, 6.45) is -0.289. The zero-order chi connectivity index (χ0) is 25.9. The second kappa shape index (κ2) is 10.7. The molecule has 2 aromatic carbocycles. The van der Waals surface area contributed by atoms with Crippen LogP contribution in [0.4, 0.5) is 0 Å². The Bertz CT molecular complexity index is 1120. The molecule has 1 atom stereocenters. The molecule has 0 aromatic heterocycles. The summed E-state index contributed by atoms with van der Waals surface area (Å²) in [7, 11) is 0. The third-order valence-corrected chi connectivity index (χ3v) is 7.15. The number of nitrogens with two attached hydrogens (primary N) is 1. The summed E-state index contributed by atoms with van der Waals surface area (Å²) in [4.78, 5) is 39.7. The Hall–Kier alpha value is -3.43. The maximum Gasteiger partial charge on any atom is 0.303 e. The Morgan fingerprint density at radius 2 is 1.83 bits per heavy atom. The molecule has 1 fully saturated rings. The van der Waals surface area contributed by atoms with Gasteiger partial charge in [-0.3, -0.25) is 19.3 Å². The van der Waals surface area contributed by atoms with Gasteiger partial charge in [0.1, 0.15) is 18.4 Å². The summed E-state index contributed by atoms with van der Waals surface area (Å²) in [5.41, 5.74) is 8.72. The molecule has 0 aliphatic carbocycles. The first-order chi connectivity index (χ1) is 17.2. The van der Waals surface area contributed by atoms with Crippen LogP contribution in [0, 0.1) is 0 Å². The van der Waals surface area contributed by atoms with Crippen molar-refractivity contribution < 1.29 is 29.0 Å². The summed E-state index contributed by atoms with van der Waals surface area (Å²) in [6, 6.07) is 12.6. The lowest BCUT2D eigenvalue weighted by Crippen LogP contribution is -2.47. The van der Waals surface area contributed by atoms with Crippen LogP contribution in [0.25, 0.3) is 0 Å². The van der Waals surface area contributed by atoms with Gasteiger partial charge in [-0.15, -0.1) is 0 Å². The predicted octanol–water partition coefficient (Wildman–Crippen LogP) is 2.51. The van der Waals surface area contributed by atoms with Crippen molar-refractivity contribution in [2.24, 2.45) is 5.73 Å². The third kappa shape index (κ3) is 5.37. The Kier molecular flexibility index (Phi) is 7.61. The van der Waals surface area contributed by atoms with E-state index in [-0.39, 0.29) is 30.8 Å². The summed E-state index contributed by atoms with van der Waals surface area (Å²) in [5, 5.41) is 8.99. The van der Waals surface area contributed by atoms with E-state index < -0.39 is 17.9 Å². The quantitative estimate of drug-likeness (QED) is 0.519. The number of carboxylic acids is 1. The summed E-state index contributed by atoms with van der Waals surface area (Å²) >= 11 is 0. The molecule has 9 heteroatoms. The SMILES string of the molecule is CC(C)(c1ccc(COc2cccc3c2CN(C(CCC(=O)O)C(N)=O)C3=O)cc1)N1CCOCC1. The van der Waals surface area contributed by atoms with Gasteiger partial charge in [-0.05, 0) is 43.5 Å². The number of ether oxygens (including phenoxy) is 2. The highest BCUT2D eigenvalue weighted by molar-refractivity contribution is 6.01. The van der Waals surface area contributed by atoms with E-state index in [1.165, 1.54) is 10.5 Å². The Balaban J connectivity index is 1.44. The van der Waals surface area contributed by atoms with Crippen molar-refractivity contribution in [2.75, 3.05) is 26.3 Å². The van der Waals surface area contributed by atoms with Crippen LogP contribution >= 0.6 is 0 Å². The average Bonchev–Trinajstić information content (AvgIpc) is 3.20. The molecule has 1 saturated heterocycles. The minimum Gasteiger partial charge on any atom is -0.489 e. The van der Waals surface area contributed by atoms with Crippen LogP contribution in [0.3, 0.4) is 0 Å². The van der Waals surface area contributed by atoms with E-state index in [1.807, 2.05) is 12.1 Å². The normalized spacial score (nSPS) is 17.1. The topological polar surface area (TPSA) is 122 Å². The lowest BCUT2D eigenvalue weighted by atomic mass is 9.91. The monoisotopic (exact) mass is 495 g/mol. The highest BCUT2D eigenvalue weighted by atomic mass is 16.5. The zero-order valence-corrected chi connectivity index (χ0v) is 20.7. The van der Waals surface area contributed by atoms with Crippen molar-refractivity contribution in [3.8, 4) is 5.75 Å². The van der Waals surface area contributed by atoms with Gasteiger partial charge in [0.15, 0.2) is 0 Å². The van der Waals surface area contributed by atoms with Gasteiger partial charge >= 0.3 is 5.97 Å². The van der Waals surface area contributed by atoms with Gasteiger partial charge < -0.3 is 25.2 Å². The second-order valence-corrected chi connectivity index (χ2v) is 9.71. The van der Waals surface area contributed by atoms with Crippen molar-refractivity contribution in [3.63, 3.8) is 0 Å². The molecule has 2 amide bonds. The lowest BCUT2D eigenvalue weighted by Gasteiger charge is -2.41. The molecule has 0 saturated carbocycles. The molecule has 192 valence electrons. The summed E-state index contributed by atoms with van der Waals surface area (Å²) < 4.78 is 11.6. The summed E-state index contributed by atoms with van der Waals surface area (Å²) in [5.74, 6) is -1.56. The predicted molar refractivity (Wildman–Crippen MR) is 132 cm³/mol. The summed E-state index contributed by atoms with van der Waals surface area (Å²) in [6.45, 7) is 8.20. The molecule has 2 heterocycles. The van der Waals surface area contributed by atoms with Gasteiger partial charge in [0, 0.05) is 36.2 Å². The molecule has 0 bridgehead atoms. The first-order valence-electron chi connectivity index (χ1n) is 12.2. The van der Waals surface area contributed by atoms with Crippen molar-refractivity contribution in [1.29, 1.82) is 0 Å². The number of benzene rings is 2. The number of morpholine rings is 1. The van der Waals surface area contributed by atoms with Gasteiger partial charge in [-0.25, -0.2) is 0 Å². The van der Waals surface area contributed by atoms with E-state index in [4.69, 9.17) is 20.3 Å². The van der Waals surface area contributed by atoms with Crippen LogP contribution in [-0.4, -0.2) is 65.0 Å². The molecule has 3 N–H and O–H groups in total. The number of carboxylic acid groups (broad SMARTS) is 1. The van der Waals surface area contributed by atoms with Crippen molar-refractivity contribution in [3.05, 3.63) is 64.7 Å². The Labute approximate surface area is 210 Å². The zero-order valence-electron chi connectivity index (χ0n) is 20.7. The standard InChI is InChI=1S/C27H33N3O6/c1-27(2,29-12-14-35-15-13-29)19-8-6-18(7-9-19)17-36-23-5-3-4-20-21(23)16-30(26(20)34)22(25(28)33)10-11-24(31)32/h3-9,22H,10-17H2,1-2H3,(H2,28,33)(H,31,32). The molecular formula is C27H33N3O6. The molecule has 36 heavy (non-hydrogen) atoms. The van der Waals surface area contributed by atoms with E-state index in [0.717, 1.165) is 31.9 Å². The molecule has 0 spiro atoms. The number of carbonyl (C=O) groups excluding carboxylic acids is 2. The molecular weight excluding hydrogens is 462 g/mol. The Morgan fingerprint density at radius 1 is 1.14 bits per heavy atom. The molecule has 9 nitrogen and oxygen atoms in total. The number of carbonyl (C=O) groups is 3. The number of nitrogens with zero attached hydrogens (tertiary/aromatic N) is 2. The third-order valence-electron chi connectivity index (χ3n) is 7.15. The van der Waals surface area contributed by atoms with Crippen LogP contribution < -0.4 is 10.5 Å². The maximum atomic E-state index is 13.0. The van der Waals surface area contributed by atoms with Crippen LogP contribution in [0.2, 0.25) is 0 Å². The van der Waals surface area contributed by atoms with Gasteiger partial charge in [-0.1, -0.05) is 30.3 Å². The van der Waals surface area contributed by atoms with Gasteiger partial charge in [0.25, 0.3) is 5.91 Å². The van der Waals surface area contributed by atoms with Gasteiger partial charge in [-0.2, -0.15) is 0 Å². The minimum atomic E-state index is -1.05. The molecule has 4 rings (SSSR count). The lowest BCUT2D eigenvalue weighted by molar-refractivity contribution is -0.137. The molecule has 2 aliphatic heterocycles. The number of hydrogen-bond acceptors (Lipinski definition) is 6. The van der Waals surface area contributed by atoms with Gasteiger partial charge in [0.2, 0.25) is 5.91 Å². The van der Waals surface area contributed by atoms with Crippen LogP contribution in [0.15, 0.2) is 42.5 Å². The average molecular weight is 496 g/mol. The van der Waals surface area contributed by atoms with Gasteiger partial charge in [0.05, 0.1) is 19.8 Å². The van der Waals surface area contributed by atoms with Crippen LogP contribution in [0.1, 0.15) is 53.7 Å². The van der Waals surface area contributed by atoms with E-state index in [2.05, 4.69) is 30.9 Å². The minimum absolute atomic E-state index is 0.0340. The number of primary amides is 1. The highest BCUT2D eigenvalue weighted by Gasteiger charge is 2.37. The fourth-order valence-electron chi connectivity index (χ4n) is 4.90. The number of rotatable bonds is 10. The molecule has 1 unspecified atom stereocenters. The number of amides is 2. The van der Waals surface area contributed by atoms with E-state index in [9.17, 15) is 14.4 Å². The maximum absolute atomic E-state index is 13.0. The van der Waals surface area contributed by atoms with Crippen molar-refractivity contribution >= 4 is 17.8 Å². The number of hydrogen-bond donors (Lipinski definition) is 2. The van der Waals surface area contributed by atoms with Crippen LogP contribution in [0.5, 0.6) is 5.75 Å². The van der Waals surface area contributed by atoms with Crippen molar-refractivity contribution in [2.45, 2.75) is 51.4 Å². The second-order valence-electron chi connectivity index (χ2n) is 9.71. The van der Waals surface area contributed by atoms with E-state index >= 15 is 0 Å². The van der Waals surface area contributed by atoms with E-state index in [0.29, 0.717) is 23.5 Å². The molecule has 0 radical (unpaired) electrons. The Morgan fingerprint density at radius 3 is 2.47 bits per heavy atom. The fraction of sp³-hybridized carbons (Fsp3) is 0.444. The first-order valence-corrected chi connectivity index (χ1v) is 12.2. The molecule has 2 aliphatic rings. The first kappa shape index (κ1) is 25.7. The number of fused-ring (bicyclic) bond motifs is 1.